The average Bonchev–Trinajstić information content (AvgIpc) is 2.82. The molecule has 0 aliphatic rings. The number of nitrogens with zero attached hydrogens (tertiary/aromatic N) is 4. The second-order valence-corrected chi connectivity index (χ2v) is 4.71. The molecule has 0 atom stereocenters. The van der Waals surface area contributed by atoms with Gasteiger partial charge in [0, 0.05) is 43.7 Å². The summed E-state index contributed by atoms with van der Waals surface area (Å²) < 4.78 is 1.71. The SMILES string of the molecule is Cc1cc(C(=O)N(C)Cc2cnn(C)c2)cc(NN)n1. The summed E-state index contributed by atoms with van der Waals surface area (Å²) in [5.41, 5.74) is 4.73. The van der Waals surface area contributed by atoms with Crippen LogP contribution >= 0.6 is 0 Å². The minimum absolute atomic E-state index is 0.0872. The number of aryl methyl sites for hydroxylation is 2. The summed E-state index contributed by atoms with van der Waals surface area (Å²) in [6, 6.07) is 3.37. The molecular formula is C13H18N6O. The lowest BCUT2D eigenvalue weighted by Gasteiger charge is -2.17. The molecule has 2 aromatic rings. The first-order valence-electron chi connectivity index (χ1n) is 6.18. The third-order valence-electron chi connectivity index (χ3n) is 2.87. The minimum Gasteiger partial charge on any atom is -0.337 e. The summed E-state index contributed by atoms with van der Waals surface area (Å²) in [4.78, 5) is 18.2. The van der Waals surface area contributed by atoms with Gasteiger partial charge in [0.1, 0.15) is 5.82 Å². The Kier molecular flexibility index (Phi) is 3.99. The first kappa shape index (κ1) is 14.0. The van der Waals surface area contributed by atoms with Crippen LogP contribution in [-0.2, 0) is 13.6 Å². The number of nitrogens with two attached hydrogens (primary N) is 1. The van der Waals surface area contributed by atoms with Gasteiger partial charge in [-0.15, -0.1) is 0 Å². The van der Waals surface area contributed by atoms with E-state index < -0.39 is 0 Å². The highest BCUT2D eigenvalue weighted by Gasteiger charge is 2.14. The van der Waals surface area contributed by atoms with Gasteiger partial charge in [-0.2, -0.15) is 5.10 Å². The van der Waals surface area contributed by atoms with E-state index in [4.69, 9.17) is 5.84 Å². The van der Waals surface area contributed by atoms with Crippen molar-refractivity contribution in [2.24, 2.45) is 12.9 Å². The molecule has 7 nitrogen and oxygen atoms in total. The fourth-order valence-corrected chi connectivity index (χ4v) is 1.99. The number of nitrogens with one attached hydrogen (secondary N) is 1. The fraction of sp³-hybridized carbons (Fsp3) is 0.308. The number of rotatable bonds is 4. The number of aromatic nitrogens is 3. The van der Waals surface area contributed by atoms with E-state index in [2.05, 4.69) is 15.5 Å². The number of hydrogen-bond donors (Lipinski definition) is 2. The maximum absolute atomic E-state index is 12.4. The molecule has 0 spiro atoms. The summed E-state index contributed by atoms with van der Waals surface area (Å²) in [7, 11) is 3.59. The van der Waals surface area contributed by atoms with E-state index in [1.54, 1.807) is 35.0 Å². The van der Waals surface area contributed by atoms with Crippen molar-refractivity contribution >= 4 is 11.7 Å². The second-order valence-electron chi connectivity index (χ2n) is 4.71. The van der Waals surface area contributed by atoms with Crippen molar-refractivity contribution in [1.82, 2.24) is 19.7 Å². The van der Waals surface area contributed by atoms with Crippen LogP contribution in [0.2, 0.25) is 0 Å². The van der Waals surface area contributed by atoms with Crippen molar-refractivity contribution in [2.75, 3.05) is 12.5 Å². The second kappa shape index (κ2) is 5.70. The molecule has 0 aliphatic heterocycles. The topological polar surface area (TPSA) is 89.1 Å². The predicted octanol–water partition coefficient (Wildman–Crippen LogP) is 0.681. The van der Waals surface area contributed by atoms with Crippen molar-refractivity contribution in [2.45, 2.75) is 13.5 Å². The summed E-state index contributed by atoms with van der Waals surface area (Å²) >= 11 is 0. The largest absolute Gasteiger partial charge is 0.337 e. The van der Waals surface area contributed by atoms with Gasteiger partial charge in [0.05, 0.1) is 6.20 Å². The maximum Gasteiger partial charge on any atom is 0.254 e. The first-order valence-corrected chi connectivity index (χ1v) is 6.18. The van der Waals surface area contributed by atoms with E-state index in [0.717, 1.165) is 11.3 Å². The molecule has 0 fully saturated rings. The van der Waals surface area contributed by atoms with Crippen molar-refractivity contribution < 1.29 is 4.79 Å². The van der Waals surface area contributed by atoms with E-state index in [0.29, 0.717) is 17.9 Å². The molecule has 2 rings (SSSR count). The Morgan fingerprint density at radius 2 is 2.25 bits per heavy atom. The molecule has 0 radical (unpaired) electrons. The van der Waals surface area contributed by atoms with Crippen molar-refractivity contribution in [3.05, 3.63) is 41.3 Å². The van der Waals surface area contributed by atoms with Gasteiger partial charge in [0.25, 0.3) is 5.91 Å². The molecule has 7 heteroatoms. The molecule has 106 valence electrons. The molecule has 0 aromatic carbocycles. The van der Waals surface area contributed by atoms with E-state index in [1.165, 1.54) is 0 Å². The monoisotopic (exact) mass is 274 g/mol. The third-order valence-corrected chi connectivity index (χ3v) is 2.87. The fourth-order valence-electron chi connectivity index (χ4n) is 1.99. The number of hydrogen-bond acceptors (Lipinski definition) is 5. The zero-order valence-electron chi connectivity index (χ0n) is 11.8. The zero-order chi connectivity index (χ0) is 14.7. The lowest BCUT2D eigenvalue weighted by Crippen LogP contribution is -2.26. The number of amides is 1. The van der Waals surface area contributed by atoms with Gasteiger partial charge in [-0.1, -0.05) is 0 Å². The van der Waals surface area contributed by atoms with Crippen LogP contribution in [-0.4, -0.2) is 32.6 Å². The molecule has 0 saturated carbocycles. The highest BCUT2D eigenvalue weighted by atomic mass is 16.2. The number of hydrazine groups is 1. The third kappa shape index (κ3) is 3.12. The lowest BCUT2D eigenvalue weighted by atomic mass is 10.2. The molecule has 0 aliphatic carbocycles. The minimum atomic E-state index is -0.0872. The van der Waals surface area contributed by atoms with E-state index in [9.17, 15) is 4.79 Å². The highest BCUT2D eigenvalue weighted by Crippen LogP contribution is 2.12. The Labute approximate surface area is 117 Å². The van der Waals surface area contributed by atoms with Gasteiger partial charge in [-0.3, -0.25) is 9.48 Å². The summed E-state index contributed by atoms with van der Waals surface area (Å²) in [6.45, 7) is 2.32. The van der Waals surface area contributed by atoms with Crippen LogP contribution in [0.3, 0.4) is 0 Å². The number of carbonyl (C=O) groups excluding carboxylic acids is 1. The predicted molar refractivity (Wildman–Crippen MR) is 75.8 cm³/mol. The van der Waals surface area contributed by atoms with Crippen LogP contribution in [0.1, 0.15) is 21.6 Å². The standard InChI is InChI=1S/C13H18N6O/c1-9-4-11(5-12(16-9)17-14)13(20)18(2)7-10-6-15-19(3)8-10/h4-6,8H,7,14H2,1-3H3,(H,16,17). The summed E-state index contributed by atoms with van der Waals surface area (Å²) in [6.07, 6.45) is 3.63. The Morgan fingerprint density at radius 3 is 2.85 bits per heavy atom. The molecule has 2 heterocycles. The average molecular weight is 274 g/mol. The molecule has 20 heavy (non-hydrogen) atoms. The highest BCUT2D eigenvalue weighted by molar-refractivity contribution is 5.94. The number of nitrogen functional groups attached to an aromatic ring is 1. The molecule has 0 saturated heterocycles. The molecular weight excluding hydrogens is 256 g/mol. The van der Waals surface area contributed by atoms with Crippen molar-refractivity contribution in [1.29, 1.82) is 0 Å². The quantitative estimate of drug-likeness (QED) is 0.632. The first-order chi connectivity index (χ1) is 9.49. The number of carbonyl (C=O) groups is 1. The number of pyridine rings is 1. The van der Waals surface area contributed by atoms with Gasteiger partial charge >= 0.3 is 0 Å². The van der Waals surface area contributed by atoms with Gasteiger partial charge in [-0.05, 0) is 19.1 Å². The van der Waals surface area contributed by atoms with Gasteiger partial charge in [-0.25, -0.2) is 10.8 Å². The normalized spacial score (nSPS) is 10.4. The van der Waals surface area contributed by atoms with Crippen LogP contribution in [0.25, 0.3) is 0 Å². The van der Waals surface area contributed by atoms with Crippen LogP contribution in [0.15, 0.2) is 24.5 Å². The van der Waals surface area contributed by atoms with Crippen LogP contribution in [0.4, 0.5) is 5.82 Å². The Balaban J connectivity index is 2.15. The summed E-state index contributed by atoms with van der Waals surface area (Å²) in [5.74, 6) is 5.73. The van der Waals surface area contributed by atoms with Gasteiger partial charge in [0.15, 0.2) is 0 Å². The Morgan fingerprint density at radius 1 is 1.50 bits per heavy atom. The van der Waals surface area contributed by atoms with E-state index >= 15 is 0 Å². The van der Waals surface area contributed by atoms with Crippen LogP contribution in [0.5, 0.6) is 0 Å². The molecule has 1 amide bonds. The Bertz CT molecular complexity index is 621. The van der Waals surface area contributed by atoms with Gasteiger partial charge < -0.3 is 10.3 Å². The van der Waals surface area contributed by atoms with Crippen LogP contribution < -0.4 is 11.3 Å². The number of anilines is 1. The zero-order valence-corrected chi connectivity index (χ0v) is 11.8. The summed E-state index contributed by atoms with van der Waals surface area (Å²) in [5, 5.41) is 4.09. The molecule has 0 bridgehead atoms. The van der Waals surface area contributed by atoms with Crippen molar-refractivity contribution in [3.8, 4) is 0 Å². The lowest BCUT2D eigenvalue weighted by molar-refractivity contribution is 0.0785. The van der Waals surface area contributed by atoms with E-state index in [1.807, 2.05) is 20.2 Å². The smallest absolute Gasteiger partial charge is 0.254 e. The van der Waals surface area contributed by atoms with Crippen LogP contribution in [0, 0.1) is 6.92 Å². The molecule has 3 N–H and O–H groups in total. The Hall–Kier alpha value is -2.41. The molecule has 0 unspecified atom stereocenters. The van der Waals surface area contributed by atoms with Crippen molar-refractivity contribution in [3.63, 3.8) is 0 Å². The van der Waals surface area contributed by atoms with Gasteiger partial charge in [0.2, 0.25) is 0 Å². The van der Waals surface area contributed by atoms with E-state index in [-0.39, 0.29) is 5.91 Å². The maximum atomic E-state index is 12.4. The molecule has 2 aromatic heterocycles.